The summed E-state index contributed by atoms with van der Waals surface area (Å²) in [5.41, 5.74) is 9.11. The van der Waals surface area contributed by atoms with Crippen molar-refractivity contribution in [3.05, 3.63) is 35.1 Å². The van der Waals surface area contributed by atoms with E-state index in [1.54, 1.807) is 10.7 Å². The Kier molecular flexibility index (Phi) is 1.90. The minimum Gasteiger partial charge on any atom is -0.331 e. The van der Waals surface area contributed by atoms with E-state index in [1.807, 2.05) is 23.0 Å². The number of hydrogen-bond donors (Lipinski definition) is 0. The Bertz CT molecular complexity index is 446. The fourth-order valence-corrected chi connectivity index (χ4v) is 1.26. The van der Waals surface area contributed by atoms with Gasteiger partial charge in [-0.3, -0.25) is 0 Å². The number of fused-ring (bicyclic) bond motifs is 1. The van der Waals surface area contributed by atoms with Crippen LogP contribution in [-0.4, -0.2) is 20.7 Å². The average Bonchev–Trinajstić information content (AvgIpc) is 2.68. The van der Waals surface area contributed by atoms with Crippen molar-refractivity contribution in [1.82, 2.24) is 14.2 Å². The van der Waals surface area contributed by atoms with Crippen molar-refractivity contribution in [3.63, 3.8) is 0 Å². The van der Waals surface area contributed by atoms with Crippen LogP contribution in [0, 0.1) is 0 Å². The van der Waals surface area contributed by atoms with Crippen molar-refractivity contribution in [3.8, 4) is 0 Å². The first-order valence-electron chi connectivity index (χ1n) is 3.91. The summed E-state index contributed by atoms with van der Waals surface area (Å²) in [5.74, 6) is 0. The molecular formula is C7H8N6. The Morgan fingerprint density at radius 2 is 2.46 bits per heavy atom. The fourth-order valence-electron chi connectivity index (χ4n) is 1.26. The number of rotatable bonds is 3. The Hall–Kier alpha value is -1.94. The van der Waals surface area contributed by atoms with Gasteiger partial charge in [-0.25, -0.2) is 4.52 Å². The smallest absolute Gasteiger partial charge is 0.135 e. The molecule has 6 heteroatoms. The highest BCUT2D eigenvalue weighted by atomic mass is 15.3. The van der Waals surface area contributed by atoms with Crippen LogP contribution in [0.4, 0.5) is 0 Å². The average molecular weight is 176 g/mol. The number of azide groups is 1. The number of nitrogens with zero attached hydrogens (tertiary/aromatic N) is 6. The van der Waals surface area contributed by atoms with Crippen molar-refractivity contribution >= 4 is 5.65 Å². The number of imidazole rings is 1. The molecule has 0 aliphatic rings. The lowest BCUT2D eigenvalue weighted by Gasteiger charge is -1.97. The predicted octanol–water partition coefficient (Wildman–Crippen LogP) is 1.45. The highest BCUT2D eigenvalue weighted by Crippen LogP contribution is 2.03. The predicted molar refractivity (Wildman–Crippen MR) is 47.2 cm³/mol. The van der Waals surface area contributed by atoms with Gasteiger partial charge in [0.25, 0.3) is 0 Å². The molecule has 0 unspecified atom stereocenters. The van der Waals surface area contributed by atoms with Crippen LogP contribution in [0.25, 0.3) is 16.1 Å². The molecule has 2 rings (SSSR count). The molecule has 0 aliphatic carbocycles. The van der Waals surface area contributed by atoms with E-state index in [9.17, 15) is 0 Å². The molecule has 0 saturated carbocycles. The van der Waals surface area contributed by atoms with E-state index in [1.165, 1.54) is 0 Å². The third-order valence-electron chi connectivity index (χ3n) is 1.84. The first-order chi connectivity index (χ1) is 6.42. The van der Waals surface area contributed by atoms with E-state index >= 15 is 0 Å². The maximum absolute atomic E-state index is 8.10. The lowest BCUT2D eigenvalue weighted by Crippen LogP contribution is -1.98. The second-order valence-electron chi connectivity index (χ2n) is 2.58. The van der Waals surface area contributed by atoms with Gasteiger partial charge < -0.3 is 4.57 Å². The maximum atomic E-state index is 8.10. The Morgan fingerprint density at radius 3 is 3.31 bits per heavy atom. The van der Waals surface area contributed by atoms with Gasteiger partial charge in [0.05, 0.1) is 6.20 Å². The zero-order valence-electron chi connectivity index (χ0n) is 6.91. The SMILES string of the molecule is [N-]=[N+]=NCCn1ccn2nccc12. The standard InChI is InChI=1S/C7H8N6/c8-11-9-3-4-12-5-6-13-7(12)1-2-10-13/h1-2,5-6H,3-4H2. The maximum Gasteiger partial charge on any atom is 0.135 e. The molecule has 0 aliphatic heterocycles. The summed E-state index contributed by atoms with van der Waals surface area (Å²) in [6.07, 6.45) is 5.51. The van der Waals surface area contributed by atoms with Crippen LogP contribution >= 0.6 is 0 Å². The molecule has 0 radical (unpaired) electrons. The zero-order chi connectivity index (χ0) is 9.10. The van der Waals surface area contributed by atoms with Crippen LogP contribution < -0.4 is 0 Å². The summed E-state index contributed by atoms with van der Waals surface area (Å²) >= 11 is 0. The van der Waals surface area contributed by atoms with E-state index in [-0.39, 0.29) is 0 Å². The molecule has 0 bridgehead atoms. The van der Waals surface area contributed by atoms with Gasteiger partial charge in [-0.2, -0.15) is 5.10 Å². The second-order valence-corrected chi connectivity index (χ2v) is 2.58. The molecule has 0 spiro atoms. The summed E-state index contributed by atoms with van der Waals surface area (Å²) < 4.78 is 3.76. The van der Waals surface area contributed by atoms with Gasteiger partial charge in [0.1, 0.15) is 5.65 Å². The van der Waals surface area contributed by atoms with Crippen molar-refractivity contribution in [2.75, 3.05) is 6.54 Å². The lowest BCUT2D eigenvalue weighted by molar-refractivity contribution is 0.727. The van der Waals surface area contributed by atoms with Gasteiger partial charge in [-0.15, -0.1) is 0 Å². The minimum absolute atomic E-state index is 0.464. The summed E-state index contributed by atoms with van der Waals surface area (Å²) in [6.45, 7) is 1.15. The van der Waals surface area contributed by atoms with Crippen molar-refractivity contribution < 1.29 is 0 Å². The second kappa shape index (κ2) is 3.20. The lowest BCUT2D eigenvalue weighted by atomic mass is 10.6. The molecule has 2 aromatic rings. The number of aromatic nitrogens is 3. The largest absolute Gasteiger partial charge is 0.331 e. The summed E-state index contributed by atoms with van der Waals surface area (Å²) in [4.78, 5) is 2.69. The van der Waals surface area contributed by atoms with Crippen LogP contribution in [0.2, 0.25) is 0 Å². The van der Waals surface area contributed by atoms with E-state index < -0.39 is 0 Å². The summed E-state index contributed by atoms with van der Waals surface area (Å²) in [6, 6.07) is 1.91. The molecule has 0 fully saturated rings. The quantitative estimate of drug-likeness (QED) is 0.396. The first kappa shape index (κ1) is 7.70. The van der Waals surface area contributed by atoms with Crippen molar-refractivity contribution in [2.45, 2.75) is 6.54 Å². The van der Waals surface area contributed by atoms with Gasteiger partial charge in [0.15, 0.2) is 0 Å². The van der Waals surface area contributed by atoms with E-state index in [0.29, 0.717) is 13.1 Å². The molecular weight excluding hydrogens is 168 g/mol. The molecule has 0 atom stereocenters. The Morgan fingerprint density at radius 1 is 1.54 bits per heavy atom. The first-order valence-corrected chi connectivity index (χ1v) is 3.91. The van der Waals surface area contributed by atoms with Crippen molar-refractivity contribution in [2.24, 2.45) is 5.11 Å². The molecule has 0 amide bonds. The molecule has 2 heterocycles. The Balaban J connectivity index is 2.22. The van der Waals surface area contributed by atoms with Gasteiger partial charge in [-0.1, -0.05) is 5.11 Å². The van der Waals surface area contributed by atoms with E-state index in [2.05, 4.69) is 15.1 Å². The summed E-state index contributed by atoms with van der Waals surface area (Å²) in [5, 5.41) is 7.53. The zero-order valence-corrected chi connectivity index (χ0v) is 6.91. The van der Waals surface area contributed by atoms with Crippen LogP contribution in [0.15, 0.2) is 29.8 Å². The third kappa shape index (κ3) is 1.34. The third-order valence-corrected chi connectivity index (χ3v) is 1.84. The minimum atomic E-state index is 0.464. The van der Waals surface area contributed by atoms with Gasteiger partial charge in [0.2, 0.25) is 0 Å². The van der Waals surface area contributed by atoms with E-state index in [4.69, 9.17) is 5.53 Å². The van der Waals surface area contributed by atoms with Crippen LogP contribution in [0.5, 0.6) is 0 Å². The van der Waals surface area contributed by atoms with E-state index in [0.717, 1.165) is 5.65 Å². The van der Waals surface area contributed by atoms with Crippen LogP contribution in [0.3, 0.4) is 0 Å². The monoisotopic (exact) mass is 176 g/mol. The Labute approximate surface area is 74.0 Å². The molecule has 66 valence electrons. The molecule has 0 aromatic carbocycles. The highest BCUT2D eigenvalue weighted by Gasteiger charge is 1.98. The van der Waals surface area contributed by atoms with Gasteiger partial charge in [-0.05, 0) is 5.53 Å². The summed E-state index contributed by atoms with van der Waals surface area (Å²) in [7, 11) is 0. The van der Waals surface area contributed by atoms with Gasteiger partial charge in [0, 0.05) is 36.5 Å². The van der Waals surface area contributed by atoms with Crippen LogP contribution in [0.1, 0.15) is 0 Å². The van der Waals surface area contributed by atoms with Crippen molar-refractivity contribution in [1.29, 1.82) is 0 Å². The molecule has 0 N–H and O–H groups in total. The molecule has 0 saturated heterocycles. The highest BCUT2D eigenvalue weighted by molar-refractivity contribution is 5.37. The topological polar surface area (TPSA) is 71.0 Å². The fraction of sp³-hybridized carbons (Fsp3) is 0.286. The molecule has 2 aromatic heterocycles. The van der Waals surface area contributed by atoms with Crippen LogP contribution in [-0.2, 0) is 6.54 Å². The molecule has 6 nitrogen and oxygen atoms in total. The normalized spacial score (nSPS) is 10.2. The number of hydrogen-bond acceptors (Lipinski definition) is 2. The van der Waals surface area contributed by atoms with Gasteiger partial charge >= 0.3 is 0 Å². The molecule has 13 heavy (non-hydrogen) atoms.